The number of tetrazole rings is 1. The summed E-state index contributed by atoms with van der Waals surface area (Å²) in [6.45, 7) is 0.491. The zero-order valence-electron chi connectivity index (χ0n) is 9.93. The monoisotopic (exact) mass is 264 g/mol. The molecule has 1 fully saturated rings. The Kier molecular flexibility index (Phi) is 2.95. The van der Waals surface area contributed by atoms with Gasteiger partial charge in [-0.15, -0.1) is 5.10 Å². The number of ether oxygens (including phenoxy) is 1. The van der Waals surface area contributed by atoms with E-state index in [2.05, 4.69) is 25.8 Å². The molecule has 0 aliphatic carbocycles. The number of rotatable bonds is 4. The van der Waals surface area contributed by atoms with Crippen LogP contribution >= 0.6 is 0 Å². The second-order valence-electron chi connectivity index (χ2n) is 4.28. The van der Waals surface area contributed by atoms with Crippen molar-refractivity contribution in [3.63, 3.8) is 0 Å². The van der Waals surface area contributed by atoms with E-state index < -0.39 is 12.1 Å². The fourth-order valence-electron chi connectivity index (χ4n) is 2.05. The van der Waals surface area contributed by atoms with E-state index in [0.29, 0.717) is 30.9 Å². The Morgan fingerprint density at radius 2 is 2.42 bits per heavy atom. The van der Waals surface area contributed by atoms with Crippen LogP contribution in [-0.4, -0.2) is 54.9 Å². The number of anilines is 1. The van der Waals surface area contributed by atoms with Crippen molar-refractivity contribution in [3.05, 3.63) is 12.4 Å². The summed E-state index contributed by atoms with van der Waals surface area (Å²) in [7, 11) is 0. The van der Waals surface area contributed by atoms with Crippen LogP contribution in [0.5, 0.6) is 0 Å². The first kappa shape index (κ1) is 11.8. The highest BCUT2D eigenvalue weighted by Crippen LogP contribution is 2.20. The molecule has 0 bridgehead atoms. The quantitative estimate of drug-likeness (QED) is 0.764. The second-order valence-corrected chi connectivity index (χ2v) is 4.28. The fourth-order valence-corrected chi connectivity index (χ4v) is 2.05. The number of carboxylic acid groups (broad SMARTS) is 1. The molecule has 9 heteroatoms. The Hall–Kier alpha value is -2.29. The highest BCUT2D eigenvalue weighted by atomic mass is 16.5. The molecule has 0 amide bonds. The fraction of sp³-hybridized carbons (Fsp3) is 0.500. The van der Waals surface area contributed by atoms with Crippen molar-refractivity contribution in [1.82, 2.24) is 25.0 Å². The number of aliphatic carboxylic acids is 1. The van der Waals surface area contributed by atoms with E-state index in [-0.39, 0.29) is 6.10 Å². The number of nitrogens with zero attached hydrogens (tertiary/aromatic N) is 5. The molecule has 0 spiro atoms. The molecule has 2 atom stereocenters. The molecule has 0 saturated carbocycles. The Morgan fingerprint density at radius 3 is 3.21 bits per heavy atom. The van der Waals surface area contributed by atoms with E-state index >= 15 is 0 Å². The van der Waals surface area contributed by atoms with Crippen LogP contribution in [0.25, 0.3) is 5.65 Å². The Morgan fingerprint density at radius 1 is 1.53 bits per heavy atom. The van der Waals surface area contributed by atoms with E-state index in [1.165, 1.54) is 4.52 Å². The lowest BCUT2D eigenvalue weighted by Crippen LogP contribution is -2.25. The number of nitrogens with one attached hydrogen (secondary N) is 1. The van der Waals surface area contributed by atoms with Crippen molar-refractivity contribution in [2.45, 2.75) is 25.0 Å². The van der Waals surface area contributed by atoms with Gasteiger partial charge in [-0.3, -0.25) is 4.98 Å². The molecule has 0 radical (unpaired) electrons. The van der Waals surface area contributed by atoms with Crippen molar-refractivity contribution >= 4 is 17.4 Å². The van der Waals surface area contributed by atoms with Crippen LogP contribution in [-0.2, 0) is 9.53 Å². The van der Waals surface area contributed by atoms with Crippen LogP contribution in [0, 0.1) is 0 Å². The molecule has 9 nitrogen and oxygen atoms in total. The van der Waals surface area contributed by atoms with Crippen molar-refractivity contribution in [1.29, 1.82) is 0 Å². The van der Waals surface area contributed by atoms with E-state index in [1.54, 1.807) is 12.4 Å². The third-order valence-electron chi connectivity index (χ3n) is 3.00. The van der Waals surface area contributed by atoms with Crippen molar-refractivity contribution in [3.8, 4) is 0 Å². The van der Waals surface area contributed by atoms with Gasteiger partial charge in [0.2, 0.25) is 0 Å². The lowest BCUT2D eigenvalue weighted by Gasteiger charge is -2.13. The van der Waals surface area contributed by atoms with Crippen LogP contribution < -0.4 is 5.32 Å². The van der Waals surface area contributed by atoms with E-state index in [4.69, 9.17) is 9.84 Å². The summed E-state index contributed by atoms with van der Waals surface area (Å²) in [5.74, 6) is -0.267. The van der Waals surface area contributed by atoms with Crippen LogP contribution in [0.1, 0.15) is 12.8 Å². The molecule has 19 heavy (non-hydrogen) atoms. The lowest BCUT2D eigenvalue weighted by molar-refractivity contribution is -0.149. The van der Waals surface area contributed by atoms with Gasteiger partial charge >= 0.3 is 5.97 Å². The predicted molar refractivity (Wildman–Crippen MR) is 62.6 cm³/mol. The molecule has 1 aliphatic rings. The standard InChI is InChI=1S/C10H12N6O3/c17-10(18)7-2-1-6(19-7)3-12-8-4-11-5-9-13-14-15-16(8)9/h4-7,12H,1-3H2,(H,17,18). The molecule has 2 N–H and O–H groups in total. The van der Waals surface area contributed by atoms with Gasteiger partial charge in [-0.05, 0) is 23.3 Å². The maximum atomic E-state index is 10.8. The first-order chi connectivity index (χ1) is 9.24. The molecular formula is C10H12N6O3. The van der Waals surface area contributed by atoms with E-state index in [1.807, 2.05) is 0 Å². The summed E-state index contributed by atoms with van der Waals surface area (Å²) < 4.78 is 6.92. The normalized spacial score (nSPS) is 22.7. The van der Waals surface area contributed by atoms with Gasteiger partial charge in [-0.2, -0.15) is 4.52 Å². The zero-order chi connectivity index (χ0) is 13.2. The molecule has 0 aromatic carbocycles. The summed E-state index contributed by atoms with van der Waals surface area (Å²) >= 11 is 0. The Balaban J connectivity index is 1.64. The second kappa shape index (κ2) is 4.76. The number of carbonyl (C=O) groups is 1. The molecule has 100 valence electrons. The predicted octanol–water partition coefficient (Wildman–Crippen LogP) is -0.437. The van der Waals surface area contributed by atoms with Gasteiger partial charge < -0.3 is 15.2 Å². The molecule has 1 aliphatic heterocycles. The lowest BCUT2D eigenvalue weighted by atomic mass is 10.2. The number of hydrogen-bond acceptors (Lipinski definition) is 7. The van der Waals surface area contributed by atoms with Gasteiger partial charge in [0.25, 0.3) is 0 Å². The SMILES string of the molecule is O=C(O)C1CCC(CNc2cncc3nnnn23)O1. The zero-order valence-corrected chi connectivity index (χ0v) is 9.93. The smallest absolute Gasteiger partial charge is 0.332 e. The minimum absolute atomic E-state index is 0.132. The van der Waals surface area contributed by atoms with Gasteiger partial charge in [0.15, 0.2) is 17.6 Å². The molecule has 2 aromatic heterocycles. The summed E-state index contributed by atoms with van der Waals surface area (Å²) in [6.07, 6.45) is 3.57. The van der Waals surface area contributed by atoms with Gasteiger partial charge in [0.1, 0.15) is 0 Å². The van der Waals surface area contributed by atoms with E-state index in [0.717, 1.165) is 0 Å². The largest absolute Gasteiger partial charge is 0.479 e. The molecule has 1 saturated heterocycles. The Labute approximate surface area is 107 Å². The van der Waals surface area contributed by atoms with Gasteiger partial charge in [0.05, 0.1) is 18.5 Å². The van der Waals surface area contributed by atoms with Crippen LogP contribution in [0.2, 0.25) is 0 Å². The average molecular weight is 264 g/mol. The van der Waals surface area contributed by atoms with Crippen LogP contribution in [0.15, 0.2) is 12.4 Å². The maximum Gasteiger partial charge on any atom is 0.332 e. The third-order valence-corrected chi connectivity index (χ3v) is 3.00. The first-order valence-corrected chi connectivity index (χ1v) is 5.88. The van der Waals surface area contributed by atoms with Crippen molar-refractivity contribution in [2.24, 2.45) is 0 Å². The number of hydrogen-bond donors (Lipinski definition) is 2. The van der Waals surface area contributed by atoms with E-state index in [9.17, 15) is 4.79 Å². The first-order valence-electron chi connectivity index (χ1n) is 5.88. The average Bonchev–Trinajstić information content (AvgIpc) is 3.05. The van der Waals surface area contributed by atoms with Crippen molar-refractivity contribution < 1.29 is 14.6 Å². The Bertz CT molecular complexity index is 600. The molecule has 3 heterocycles. The van der Waals surface area contributed by atoms with Crippen LogP contribution in [0.3, 0.4) is 0 Å². The van der Waals surface area contributed by atoms with Crippen molar-refractivity contribution in [2.75, 3.05) is 11.9 Å². The minimum atomic E-state index is -0.910. The minimum Gasteiger partial charge on any atom is -0.479 e. The third kappa shape index (κ3) is 2.32. The van der Waals surface area contributed by atoms with Gasteiger partial charge in [-0.1, -0.05) is 0 Å². The number of fused-ring (bicyclic) bond motifs is 1. The summed E-state index contributed by atoms with van der Waals surface area (Å²) in [5.41, 5.74) is 0.542. The molecule has 2 unspecified atom stereocenters. The highest BCUT2D eigenvalue weighted by Gasteiger charge is 2.30. The summed E-state index contributed by atoms with van der Waals surface area (Å²) in [5, 5.41) is 23.1. The number of carboxylic acids is 1. The maximum absolute atomic E-state index is 10.8. The summed E-state index contributed by atoms with van der Waals surface area (Å²) in [6, 6.07) is 0. The highest BCUT2D eigenvalue weighted by molar-refractivity contribution is 5.72. The van der Waals surface area contributed by atoms with Gasteiger partial charge in [-0.25, -0.2) is 4.79 Å². The number of aromatic nitrogens is 5. The summed E-state index contributed by atoms with van der Waals surface area (Å²) in [4.78, 5) is 14.8. The van der Waals surface area contributed by atoms with Gasteiger partial charge in [0, 0.05) is 6.54 Å². The molecule has 3 rings (SSSR count). The molecular weight excluding hydrogens is 252 g/mol. The van der Waals surface area contributed by atoms with Crippen LogP contribution in [0.4, 0.5) is 5.82 Å². The topological polar surface area (TPSA) is 115 Å². The molecule has 2 aromatic rings.